The monoisotopic (exact) mass is 384 g/mol. The first kappa shape index (κ1) is 18.9. The Hall–Kier alpha value is -2.39. The molecule has 0 bridgehead atoms. The molecule has 8 nitrogen and oxygen atoms in total. The first-order valence-corrected chi connectivity index (χ1v) is 9.50. The maximum atomic E-state index is 12.5. The van der Waals surface area contributed by atoms with E-state index < -0.39 is 15.7 Å². The number of oxime groups is 1. The van der Waals surface area contributed by atoms with Gasteiger partial charge in [0.1, 0.15) is 11.9 Å². The minimum atomic E-state index is -3.48. The SMILES string of the molecule is CC(C)O/N=C(\C(=O)Nc1ccn[nH]1)c1ccc(S(C)(=O)=O)c(Cl)c1. The summed E-state index contributed by atoms with van der Waals surface area (Å²) >= 11 is 6.05. The van der Waals surface area contributed by atoms with Gasteiger partial charge in [-0.25, -0.2) is 8.42 Å². The van der Waals surface area contributed by atoms with Crippen LogP contribution in [0.4, 0.5) is 5.82 Å². The maximum Gasteiger partial charge on any atom is 0.279 e. The van der Waals surface area contributed by atoms with Crippen molar-refractivity contribution in [3.05, 3.63) is 41.0 Å². The van der Waals surface area contributed by atoms with Crippen LogP contribution in [-0.2, 0) is 19.5 Å². The second-order valence-electron chi connectivity index (χ2n) is 5.44. The van der Waals surface area contributed by atoms with E-state index in [1.54, 1.807) is 19.9 Å². The van der Waals surface area contributed by atoms with Crippen molar-refractivity contribution in [1.82, 2.24) is 10.2 Å². The Kier molecular flexibility index (Phi) is 5.81. The Morgan fingerprint density at radius 3 is 2.60 bits per heavy atom. The number of amides is 1. The molecule has 25 heavy (non-hydrogen) atoms. The lowest BCUT2D eigenvalue weighted by atomic mass is 10.1. The average Bonchev–Trinajstić information content (AvgIpc) is 2.98. The number of anilines is 1. The second-order valence-corrected chi connectivity index (χ2v) is 7.83. The molecular formula is C15H17ClN4O4S. The molecule has 2 N–H and O–H groups in total. The van der Waals surface area contributed by atoms with Crippen molar-refractivity contribution in [2.75, 3.05) is 11.6 Å². The predicted molar refractivity (Wildman–Crippen MR) is 94.5 cm³/mol. The van der Waals surface area contributed by atoms with Gasteiger partial charge in [-0.15, -0.1) is 0 Å². The van der Waals surface area contributed by atoms with Gasteiger partial charge in [0.25, 0.3) is 5.91 Å². The van der Waals surface area contributed by atoms with E-state index in [0.29, 0.717) is 11.4 Å². The Morgan fingerprint density at radius 2 is 2.08 bits per heavy atom. The number of aromatic amines is 1. The van der Waals surface area contributed by atoms with Gasteiger partial charge < -0.3 is 10.2 Å². The number of benzene rings is 1. The quantitative estimate of drug-likeness (QED) is 0.585. The van der Waals surface area contributed by atoms with E-state index in [1.807, 2.05) is 0 Å². The first-order valence-electron chi connectivity index (χ1n) is 7.23. The van der Waals surface area contributed by atoms with Crippen molar-refractivity contribution in [3.63, 3.8) is 0 Å². The number of nitrogens with zero attached hydrogens (tertiary/aromatic N) is 2. The van der Waals surface area contributed by atoms with Crippen LogP contribution in [0.25, 0.3) is 0 Å². The number of H-pyrrole nitrogens is 1. The number of hydrogen-bond acceptors (Lipinski definition) is 6. The summed E-state index contributed by atoms with van der Waals surface area (Å²) in [5, 5.41) is 12.8. The minimum Gasteiger partial charge on any atom is -0.392 e. The van der Waals surface area contributed by atoms with Crippen LogP contribution >= 0.6 is 11.6 Å². The summed E-state index contributed by atoms with van der Waals surface area (Å²) in [6, 6.07) is 5.68. The van der Waals surface area contributed by atoms with Gasteiger partial charge in [0, 0.05) is 17.9 Å². The summed E-state index contributed by atoms with van der Waals surface area (Å²) in [6.07, 6.45) is 2.28. The Labute approximate surface area is 150 Å². The highest BCUT2D eigenvalue weighted by Gasteiger charge is 2.20. The third-order valence-corrected chi connectivity index (χ3v) is 4.50. The van der Waals surface area contributed by atoms with E-state index in [0.717, 1.165) is 6.26 Å². The molecule has 1 aromatic heterocycles. The molecule has 2 aromatic rings. The van der Waals surface area contributed by atoms with Crippen molar-refractivity contribution in [2.24, 2.45) is 5.16 Å². The van der Waals surface area contributed by atoms with E-state index in [1.165, 1.54) is 24.4 Å². The highest BCUT2D eigenvalue weighted by atomic mass is 35.5. The Morgan fingerprint density at radius 1 is 1.36 bits per heavy atom. The highest BCUT2D eigenvalue weighted by molar-refractivity contribution is 7.90. The molecule has 0 fully saturated rings. The summed E-state index contributed by atoms with van der Waals surface area (Å²) in [7, 11) is -3.48. The lowest BCUT2D eigenvalue weighted by Crippen LogP contribution is -2.25. The van der Waals surface area contributed by atoms with Gasteiger partial charge in [0.05, 0.1) is 16.1 Å². The fourth-order valence-electron chi connectivity index (χ4n) is 1.84. The minimum absolute atomic E-state index is 0.00779. The van der Waals surface area contributed by atoms with Crippen molar-refractivity contribution in [3.8, 4) is 0 Å². The second kappa shape index (κ2) is 7.66. The van der Waals surface area contributed by atoms with Crippen LogP contribution in [0.3, 0.4) is 0 Å². The largest absolute Gasteiger partial charge is 0.392 e. The van der Waals surface area contributed by atoms with Gasteiger partial charge in [0.15, 0.2) is 15.5 Å². The molecule has 0 saturated carbocycles. The molecule has 0 spiro atoms. The molecule has 134 valence electrons. The number of aromatic nitrogens is 2. The fourth-order valence-corrected chi connectivity index (χ4v) is 3.17. The third-order valence-electron chi connectivity index (χ3n) is 2.92. The summed E-state index contributed by atoms with van der Waals surface area (Å²) in [5.41, 5.74) is 0.264. The van der Waals surface area contributed by atoms with Crippen LogP contribution in [0.1, 0.15) is 19.4 Å². The number of rotatable bonds is 6. The molecule has 0 unspecified atom stereocenters. The van der Waals surface area contributed by atoms with Gasteiger partial charge >= 0.3 is 0 Å². The lowest BCUT2D eigenvalue weighted by Gasteiger charge is -2.10. The normalized spacial score (nSPS) is 12.3. The van der Waals surface area contributed by atoms with E-state index in [9.17, 15) is 13.2 Å². The number of carbonyl (C=O) groups excluding carboxylic acids is 1. The van der Waals surface area contributed by atoms with Crippen LogP contribution in [0, 0.1) is 0 Å². The van der Waals surface area contributed by atoms with Crippen LogP contribution in [0.5, 0.6) is 0 Å². The molecule has 1 aromatic carbocycles. The number of carbonyl (C=O) groups is 1. The van der Waals surface area contributed by atoms with Crippen LogP contribution in [0.2, 0.25) is 5.02 Å². The molecular weight excluding hydrogens is 368 g/mol. The zero-order valence-electron chi connectivity index (χ0n) is 13.8. The average molecular weight is 385 g/mol. The van der Waals surface area contributed by atoms with Gasteiger partial charge in [-0.05, 0) is 26.0 Å². The van der Waals surface area contributed by atoms with Crippen molar-refractivity contribution in [1.29, 1.82) is 0 Å². The zero-order chi connectivity index (χ0) is 18.6. The molecule has 1 amide bonds. The van der Waals surface area contributed by atoms with Crippen molar-refractivity contribution < 1.29 is 18.0 Å². The molecule has 0 aliphatic rings. The Bertz CT molecular complexity index is 892. The topological polar surface area (TPSA) is 114 Å². The van der Waals surface area contributed by atoms with E-state index in [-0.39, 0.29) is 21.7 Å². The van der Waals surface area contributed by atoms with E-state index >= 15 is 0 Å². The van der Waals surface area contributed by atoms with E-state index in [4.69, 9.17) is 16.4 Å². The number of sulfone groups is 1. The van der Waals surface area contributed by atoms with E-state index in [2.05, 4.69) is 20.7 Å². The zero-order valence-corrected chi connectivity index (χ0v) is 15.4. The molecule has 0 radical (unpaired) electrons. The van der Waals surface area contributed by atoms with Crippen LogP contribution in [-0.4, -0.2) is 42.6 Å². The standard InChI is InChI=1S/C15H17ClN4O4S/c1-9(2)24-20-14(15(21)18-13-6-7-17-19-13)10-4-5-12(11(16)8-10)25(3,22)23/h4-9H,1-3H3,(H2,17,18,19,21)/b20-14-. The summed E-state index contributed by atoms with van der Waals surface area (Å²) in [4.78, 5) is 17.6. The summed E-state index contributed by atoms with van der Waals surface area (Å²) in [6.45, 7) is 3.52. The van der Waals surface area contributed by atoms with Crippen molar-refractivity contribution in [2.45, 2.75) is 24.8 Å². The van der Waals surface area contributed by atoms with Gasteiger partial charge in [-0.3, -0.25) is 9.89 Å². The highest BCUT2D eigenvalue weighted by Crippen LogP contribution is 2.23. The molecule has 0 aliphatic carbocycles. The predicted octanol–water partition coefficient (Wildman–Crippen LogP) is 2.23. The number of nitrogens with one attached hydrogen (secondary N) is 2. The fraction of sp³-hybridized carbons (Fsp3) is 0.267. The van der Waals surface area contributed by atoms with Crippen LogP contribution < -0.4 is 5.32 Å². The van der Waals surface area contributed by atoms with Crippen molar-refractivity contribution >= 4 is 38.9 Å². The number of halogens is 1. The van der Waals surface area contributed by atoms with Crippen LogP contribution in [0.15, 0.2) is 40.5 Å². The molecule has 10 heteroatoms. The first-order chi connectivity index (χ1) is 11.7. The molecule has 1 heterocycles. The molecule has 0 atom stereocenters. The third kappa shape index (κ3) is 5.04. The molecule has 0 aliphatic heterocycles. The molecule has 2 rings (SSSR count). The number of hydrogen-bond donors (Lipinski definition) is 2. The maximum absolute atomic E-state index is 12.5. The lowest BCUT2D eigenvalue weighted by molar-refractivity contribution is -0.110. The summed E-state index contributed by atoms with van der Waals surface area (Å²) < 4.78 is 23.3. The van der Waals surface area contributed by atoms with Gasteiger partial charge in [-0.1, -0.05) is 22.8 Å². The van der Waals surface area contributed by atoms with Gasteiger partial charge in [0.2, 0.25) is 0 Å². The molecule has 0 saturated heterocycles. The Balaban J connectivity index is 2.40. The smallest absolute Gasteiger partial charge is 0.279 e. The van der Waals surface area contributed by atoms with Gasteiger partial charge in [-0.2, -0.15) is 5.10 Å². The summed E-state index contributed by atoms with van der Waals surface area (Å²) in [5.74, 6) is -0.186.